The molecule has 4 nitrogen and oxygen atoms in total. The highest BCUT2D eigenvalue weighted by atomic mass is 16.5. The number of morpholine rings is 1. The maximum Gasteiger partial charge on any atom is 0.309 e. The Morgan fingerprint density at radius 3 is 2.25 bits per heavy atom. The van der Waals surface area contributed by atoms with Crippen LogP contribution in [0.25, 0.3) is 0 Å². The molecule has 94 valence electrons. The zero-order valence-electron chi connectivity index (χ0n) is 10.9. The van der Waals surface area contributed by atoms with Gasteiger partial charge < -0.3 is 9.47 Å². The zero-order chi connectivity index (χ0) is 12.3. The Morgan fingerprint density at radius 2 is 1.81 bits per heavy atom. The van der Waals surface area contributed by atoms with Crippen LogP contribution >= 0.6 is 0 Å². The van der Waals surface area contributed by atoms with Gasteiger partial charge in [0.25, 0.3) is 0 Å². The lowest BCUT2D eigenvalue weighted by atomic mass is 10.0. The minimum absolute atomic E-state index is 0.0949. The lowest BCUT2D eigenvalue weighted by Gasteiger charge is -2.40. The lowest BCUT2D eigenvalue weighted by Crippen LogP contribution is -2.52. The molecule has 1 fully saturated rings. The van der Waals surface area contributed by atoms with E-state index in [1.54, 1.807) is 0 Å². The van der Waals surface area contributed by atoms with Gasteiger partial charge in [0.1, 0.15) is 0 Å². The van der Waals surface area contributed by atoms with Gasteiger partial charge in [-0.3, -0.25) is 9.69 Å². The molecular weight excluding hydrogens is 206 g/mol. The highest BCUT2D eigenvalue weighted by Gasteiger charge is 2.31. The average molecular weight is 229 g/mol. The highest BCUT2D eigenvalue weighted by molar-refractivity contribution is 5.72. The summed E-state index contributed by atoms with van der Waals surface area (Å²) >= 11 is 0. The summed E-state index contributed by atoms with van der Waals surface area (Å²) in [6.07, 6.45) is 0.465. The fourth-order valence-electron chi connectivity index (χ4n) is 2.25. The van der Waals surface area contributed by atoms with E-state index in [2.05, 4.69) is 25.7 Å². The first-order valence-corrected chi connectivity index (χ1v) is 5.93. The van der Waals surface area contributed by atoms with Crippen molar-refractivity contribution in [3.63, 3.8) is 0 Å². The topological polar surface area (TPSA) is 38.8 Å². The van der Waals surface area contributed by atoms with E-state index in [0.29, 0.717) is 0 Å². The molecule has 0 saturated carbocycles. The standard InChI is InChI=1S/C12H23NO3/c1-8-6-13(7-9(2)16-8)11(4)10(3)12(14)15-5/h8-11H,6-7H2,1-5H3. The summed E-state index contributed by atoms with van der Waals surface area (Å²) < 4.78 is 10.5. The van der Waals surface area contributed by atoms with E-state index < -0.39 is 0 Å². The lowest BCUT2D eigenvalue weighted by molar-refractivity contribution is -0.149. The maximum atomic E-state index is 11.5. The number of hydrogen-bond acceptors (Lipinski definition) is 4. The molecular formula is C12H23NO3. The van der Waals surface area contributed by atoms with Crippen molar-refractivity contribution in [2.45, 2.75) is 45.9 Å². The molecule has 0 bridgehead atoms. The number of rotatable bonds is 3. The number of nitrogens with zero attached hydrogens (tertiary/aromatic N) is 1. The average Bonchev–Trinajstić information content (AvgIpc) is 2.24. The molecule has 1 heterocycles. The summed E-state index contributed by atoms with van der Waals surface area (Å²) in [6.45, 7) is 9.89. The van der Waals surface area contributed by atoms with E-state index in [1.165, 1.54) is 7.11 Å². The SMILES string of the molecule is COC(=O)C(C)C(C)N1CC(C)OC(C)C1. The molecule has 4 unspecified atom stereocenters. The zero-order valence-corrected chi connectivity index (χ0v) is 10.9. The third kappa shape index (κ3) is 3.19. The normalized spacial score (nSPS) is 30.8. The van der Waals surface area contributed by atoms with E-state index in [4.69, 9.17) is 9.47 Å². The molecule has 0 aromatic carbocycles. The van der Waals surface area contributed by atoms with E-state index in [9.17, 15) is 4.79 Å². The van der Waals surface area contributed by atoms with Gasteiger partial charge in [0.05, 0.1) is 25.2 Å². The van der Waals surface area contributed by atoms with Crippen LogP contribution in [0.5, 0.6) is 0 Å². The van der Waals surface area contributed by atoms with Crippen LogP contribution in [0.4, 0.5) is 0 Å². The van der Waals surface area contributed by atoms with Crippen molar-refractivity contribution in [1.29, 1.82) is 0 Å². The Labute approximate surface area is 97.9 Å². The van der Waals surface area contributed by atoms with Crippen LogP contribution in [-0.4, -0.2) is 49.3 Å². The molecule has 0 aliphatic carbocycles. The predicted molar refractivity (Wildman–Crippen MR) is 62.2 cm³/mol. The van der Waals surface area contributed by atoms with Crippen molar-refractivity contribution in [3.05, 3.63) is 0 Å². The molecule has 0 aromatic heterocycles. The predicted octanol–water partition coefficient (Wildman–Crippen LogP) is 1.29. The molecule has 0 aromatic rings. The number of esters is 1. The summed E-state index contributed by atoms with van der Waals surface area (Å²) in [5.74, 6) is -0.234. The van der Waals surface area contributed by atoms with Gasteiger partial charge in [-0.15, -0.1) is 0 Å². The summed E-state index contributed by atoms with van der Waals surface area (Å²) in [6, 6.07) is 0.196. The third-order valence-corrected chi connectivity index (χ3v) is 3.32. The molecule has 1 rings (SSSR count). The second kappa shape index (κ2) is 5.64. The molecule has 4 atom stereocenters. The Balaban J connectivity index is 2.58. The van der Waals surface area contributed by atoms with Crippen molar-refractivity contribution in [2.75, 3.05) is 20.2 Å². The van der Waals surface area contributed by atoms with Gasteiger partial charge in [0.15, 0.2) is 0 Å². The maximum absolute atomic E-state index is 11.5. The number of carbonyl (C=O) groups is 1. The third-order valence-electron chi connectivity index (χ3n) is 3.32. The first-order valence-electron chi connectivity index (χ1n) is 5.93. The number of hydrogen-bond donors (Lipinski definition) is 0. The second-order valence-corrected chi connectivity index (χ2v) is 4.76. The van der Waals surface area contributed by atoms with Gasteiger partial charge in [-0.25, -0.2) is 0 Å². The van der Waals surface area contributed by atoms with Crippen molar-refractivity contribution in [2.24, 2.45) is 5.92 Å². The Kier molecular flexibility index (Phi) is 4.74. The molecule has 4 heteroatoms. The monoisotopic (exact) mass is 229 g/mol. The number of carbonyl (C=O) groups excluding carboxylic acids is 1. The van der Waals surface area contributed by atoms with E-state index in [0.717, 1.165) is 13.1 Å². The molecule has 0 radical (unpaired) electrons. The fraction of sp³-hybridized carbons (Fsp3) is 0.917. The van der Waals surface area contributed by atoms with Gasteiger partial charge >= 0.3 is 5.97 Å². The molecule has 0 N–H and O–H groups in total. The Bertz CT molecular complexity index is 234. The van der Waals surface area contributed by atoms with Crippen LogP contribution in [-0.2, 0) is 14.3 Å². The summed E-state index contributed by atoms with van der Waals surface area (Å²) in [7, 11) is 1.44. The summed E-state index contributed by atoms with van der Waals surface area (Å²) in [4.78, 5) is 13.8. The van der Waals surface area contributed by atoms with Crippen LogP contribution in [0.15, 0.2) is 0 Å². The molecule has 0 amide bonds. The van der Waals surface area contributed by atoms with E-state index >= 15 is 0 Å². The van der Waals surface area contributed by atoms with Gasteiger partial charge in [-0.05, 0) is 20.8 Å². The van der Waals surface area contributed by atoms with Crippen LogP contribution in [0.3, 0.4) is 0 Å². The van der Waals surface area contributed by atoms with Crippen molar-refractivity contribution < 1.29 is 14.3 Å². The minimum atomic E-state index is -0.140. The van der Waals surface area contributed by atoms with Gasteiger partial charge in [0.2, 0.25) is 0 Å². The summed E-state index contributed by atoms with van der Waals surface area (Å²) in [5.41, 5.74) is 0. The van der Waals surface area contributed by atoms with E-state index in [1.807, 2.05) is 6.92 Å². The molecule has 1 saturated heterocycles. The van der Waals surface area contributed by atoms with Crippen molar-refractivity contribution >= 4 is 5.97 Å². The highest BCUT2D eigenvalue weighted by Crippen LogP contribution is 2.18. The molecule has 0 spiro atoms. The van der Waals surface area contributed by atoms with Crippen LogP contribution < -0.4 is 0 Å². The molecule has 1 aliphatic heterocycles. The number of methoxy groups -OCH3 is 1. The van der Waals surface area contributed by atoms with E-state index in [-0.39, 0.29) is 30.1 Å². The largest absolute Gasteiger partial charge is 0.469 e. The van der Waals surface area contributed by atoms with Gasteiger partial charge in [0, 0.05) is 19.1 Å². The Morgan fingerprint density at radius 1 is 1.31 bits per heavy atom. The molecule has 1 aliphatic rings. The summed E-state index contributed by atoms with van der Waals surface area (Å²) in [5, 5.41) is 0. The molecule has 16 heavy (non-hydrogen) atoms. The van der Waals surface area contributed by atoms with Crippen LogP contribution in [0, 0.1) is 5.92 Å². The Hall–Kier alpha value is -0.610. The van der Waals surface area contributed by atoms with Crippen LogP contribution in [0.1, 0.15) is 27.7 Å². The first-order chi connectivity index (χ1) is 7.45. The number of ether oxygens (including phenoxy) is 2. The van der Waals surface area contributed by atoms with Crippen molar-refractivity contribution in [3.8, 4) is 0 Å². The quantitative estimate of drug-likeness (QED) is 0.684. The minimum Gasteiger partial charge on any atom is -0.469 e. The van der Waals surface area contributed by atoms with Crippen molar-refractivity contribution in [1.82, 2.24) is 4.90 Å². The smallest absolute Gasteiger partial charge is 0.309 e. The van der Waals surface area contributed by atoms with Gasteiger partial charge in [-0.2, -0.15) is 0 Å². The fourth-order valence-corrected chi connectivity index (χ4v) is 2.25. The first kappa shape index (κ1) is 13.5. The van der Waals surface area contributed by atoms with Crippen LogP contribution in [0.2, 0.25) is 0 Å². The second-order valence-electron chi connectivity index (χ2n) is 4.76. The van der Waals surface area contributed by atoms with Gasteiger partial charge in [-0.1, -0.05) is 6.92 Å².